The van der Waals surface area contributed by atoms with Crippen LogP contribution in [-0.4, -0.2) is 18.3 Å². The molecule has 9 aromatic carbocycles. The highest BCUT2D eigenvalue weighted by Crippen LogP contribution is 2.44. The lowest BCUT2D eigenvalue weighted by Gasteiger charge is -2.16. The van der Waals surface area contributed by atoms with Gasteiger partial charge in [-0.3, -0.25) is 0 Å². The molecule has 0 saturated carbocycles. The molecule has 0 atom stereocenters. The monoisotopic (exact) mass is 738 g/mol. The van der Waals surface area contributed by atoms with Crippen molar-refractivity contribution in [2.75, 3.05) is 0 Å². The Bertz CT molecular complexity index is 3620. The molecule has 0 radical (unpaired) electrons. The molecule has 0 saturated heterocycles. The van der Waals surface area contributed by atoms with Crippen LogP contribution in [0.4, 0.5) is 0 Å². The highest BCUT2D eigenvalue weighted by atomic mass is 15.0. The second-order valence-corrected chi connectivity index (χ2v) is 15.3. The molecule has 0 amide bonds. The van der Waals surface area contributed by atoms with E-state index in [0.717, 1.165) is 17.1 Å². The van der Waals surface area contributed by atoms with Crippen LogP contribution in [0, 0.1) is 0 Å². The summed E-state index contributed by atoms with van der Waals surface area (Å²) in [4.78, 5) is 0. The molecule has 4 nitrogen and oxygen atoms in total. The zero-order valence-corrected chi connectivity index (χ0v) is 31.4. The zero-order chi connectivity index (χ0) is 37.9. The Labute approximate surface area is 333 Å². The molecule has 58 heavy (non-hydrogen) atoms. The van der Waals surface area contributed by atoms with Crippen molar-refractivity contribution in [3.05, 3.63) is 206 Å². The summed E-state index contributed by atoms with van der Waals surface area (Å²) in [7, 11) is 0. The van der Waals surface area contributed by atoms with Crippen molar-refractivity contribution in [3.63, 3.8) is 0 Å². The van der Waals surface area contributed by atoms with E-state index in [9.17, 15) is 0 Å². The van der Waals surface area contributed by atoms with Gasteiger partial charge in [0.1, 0.15) is 0 Å². The highest BCUT2D eigenvalue weighted by Gasteiger charge is 2.23. The molecular weight excluding hydrogens is 705 g/mol. The number of hydrogen-bond donors (Lipinski definition) is 0. The van der Waals surface area contributed by atoms with Crippen LogP contribution in [0.15, 0.2) is 206 Å². The van der Waals surface area contributed by atoms with Gasteiger partial charge in [-0.1, -0.05) is 115 Å². The van der Waals surface area contributed by atoms with E-state index >= 15 is 0 Å². The average Bonchev–Trinajstić information content (AvgIpc) is 4.02. The van der Waals surface area contributed by atoms with Crippen molar-refractivity contribution in [1.82, 2.24) is 18.3 Å². The maximum Gasteiger partial charge on any atom is 0.0563 e. The molecule has 13 rings (SSSR count). The number of aromatic nitrogens is 4. The van der Waals surface area contributed by atoms with E-state index in [4.69, 9.17) is 0 Å². The molecule has 0 aliphatic carbocycles. The van der Waals surface area contributed by atoms with Gasteiger partial charge < -0.3 is 18.3 Å². The molecule has 0 aliphatic heterocycles. The summed E-state index contributed by atoms with van der Waals surface area (Å²) in [5.41, 5.74) is 16.7. The molecule has 0 bridgehead atoms. The number of nitrogens with zero attached hydrogens (tertiary/aromatic N) is 4. The summed E-state index contributed by atoms with van der Waals surface area (Å²) in [6.07, 6.45) is 0. The quantitative estimate of drug-likeness (QED) is 0.168. The maximum atomic E-state index is 2.46. The van der Waals surface area contributed by atoms with Crippen molar-refractivity contribution in [2.24, 2.45) is 0 Å². The molecule has 4 aromatic heterocycles. The zero-order valence-electron chi connectivity index (χ0n) is 31.4. The lowest BCUT2D eigenvalue weighted by molar-refractivity contribution is 1.15. The van der Waals surface area contributed by atoms with Crippen LogP contribution >= 0.6 is 0 Å². The second-order valence-electron chi connectivity index (χ2n) is 15.3. The van der Waals surface area contributed by atoms with Gasteiger partial charge in [0.2, 0.25) is 0 Å². The lowest BCUT2D eigenvalue weighted by Crippen LogP contribution is -1.99. The van der Waals surface area contributed by atoms with Gasteiger partial charge in [-0.05, 0) is 96.6 Å². The van der Waals surface area contributed by atoms with E-state index in [2.05, 4.69) is 225 Å². The first-order chi connectivity index (χ1) is 28.8. The molecular formula is C54H34N4. The first-order valence-corrected chi connectivity index (χ1v) is 20.0. The fraction of sp³-hybridized carbons (Fsp3) is 0. The molecule has 4 heterocycles. The van der Waals surface area contributed by atoms with Gasteiger partial charge in [0.05, 0.1) is 49.8 Å². The Balaban J connectivity index is 0.998. The molecule has 4 heteroatoms. The van der Waals surface area contributed by atoms with Crippen molar-refractivity contribution < 1.29 is 0 Å². The van der Waals surface area contributed by atoms with E-state index in [0.29, 0.717) is 0 Å². The van der Waals surface area contributed by atoms with Crippen molar-refractivity contribution in [3.8, 4) is 33.9 Å². The van der Waals surface area contributed by atoms with Crippen molar-refractivity contribution >= 4 is 76.5 Å². The normalized spacial score (nSPS) is 12.1. The third kappa shape index (κ3) is 4.23. The van der Waals surface area contributed by atoms with Gasteiger partial charge in [-0.2, -0.15) is 0 Å². The molecule has 0 spiro atoms. The number of para-hydroxylation sites is 5. The summed E-state index contributed by atoms with van der Waals surface area (Å²) in [5.74, 6) is 0. The molecule has 0 unspecified atom stereocenters. The largest absolute Gasteiger partial charge is 0.309 e. The van der Waals surface area contributed by atoms with Crippen molar-refractivity contribution in [1.29, 1.82) is 0 Å². The second kappa shape index (κ2) is 11.8. The minimum absolute atomic E-state index is 1.15. The van der Waals surface area contributed by atoms with E-state index < -0.39 is 0 Å². The first-order valence-electron chi connectivity index (χ1n) is 20.0. The van der Waals surface area contributed by atoms with E-state index in [1.165, 1.54) is 93.3 Å². The Kier molecular flexibility index (Phi) is 6.41. The number of benzene rings is 9. The minimum atomic E-state index is 1.15. The standard InChI is InChI=1S/C54H34N4/c1-2-16-36(17-3-1)55-49-27-13-29-51-53(49)54-50(55)28-14-30-52(54)57(51)37-18-12-15-35(33-37)39-19-4-8-23-44(39)58-47-26-11-7-22-42(47)43-34-38(31-32-48(43)58)56-45-24-9-5-20-40(45)41-21-6-10-25-46(41)56/h1-34H. The number of rotatable bonds is 5. The molecule has 0 aliphatic rings. The van der Waals surface area contributed by atoms with Crippen LogP contribution in [0.2, 0.25) is 0 Å². The number of fused-ring (bicyclic) bond motifs is 6. The molecule has 0 N–H and O–H groups in total. The topological polar surface area (TPSA) is 19.7 Å². The Hall–Kier alpha value is -7.82. The van der Waals surface area contributed by atoms with Crippen LogP contribution in [-0.2, 0) is 0 Å². The Morgan fingerprint density at radius 3 is 1.33 bits per heavy atom. The Morgan fingerprint density at radius 2 is 0.672 bits per heavy atom. The van der Waals surface area contributed by atoms with E-state index in [1.54, 1.807) is 0 Å². The van der Waals surface area contributed by atoms with E-state index in [1.807, 2.05) is 0 Å². The van der Waals surface area contributed by atoms with Crippen molar-refractivity contribution in [2.45, 2.75) is 0 Å². The molecule has 13 aromatic rings. The maximum absolute atomic E-state index is 2.46. The van der Waals surface area contributed by atoms with Crippen LogP contribution in [0.1, 0.15) is 0 Å². The summed E-state index contributed by atoms with van der Waals surface area (Å²) in [5, 5.41) is 7.60. The summed E-state index contributed by atoms with van der Waals surface area (Å²) >= 11 is 0. The predicted octanol–water partition coefficient (Wildman–Crippen LogP) is 14.0. The predicted molar refractivity (Wildman–Crippen MR) is 243 cm³/mol. The summed E-state index contributed by atoms with van der Waals surface area (Å²) in [6, 6.07) is 75.3. The average molecular weight is 739 g/mol. The Morgan fingerprint density at radius 1 is 0.241 bits per heavy atom. The molecule has 0 fully saturated rings. The van der Waals surface area contributed by atoms with Gasteiger partial charge in [0.25, 0.3) is 0 Å². The van der Waals surface area contributed by atoms with Gasteiger partial charge in [-0.25, -0.2) is 0 Å². The number of hydrogen-bond acceptors (Lipinski definition) is 0. The van der Waals surface area contributed by atoms with Crippen LogP contribution in [0.3, 0.4) is 0 Å². The minimum Gasteiger partial charge on any atom is -0.309 e. The third-order valence-corrected chi connectivity index (χ3v) is 12.3. The fourth-order valence-corrected chi connectivity index (χ4v) is 9.99. The smallest absolute Gasteiger partial charge is 0.0563 e. The molecule has 270 valence electrons. The van der Waals surface area contributed by atoms with Gasteiger partial charge in [0, 0.05) is 54.9 Å². The van der Waals surface area contributed by atoms with Crippen LogP contribution in [0.25, 0.3) is 110 Å². The third-order valence-electron chi connectivity index (χ3n) is 12.3. The summed E-state index contributed by atoms with van der Waals surface area (Å²) < 4.78 is 9.72. The summed E-state index contributed by atoms with van der Waals surface area (Å²) in [6.45, 7) is 0. The fourth-order valence-electron chi connectivity index (χ4n) is 9.99. The van der Waals surface area contributed by atoms with E-state index in [-0.39, 0.29) is 0 Å². The van der Waals surface area contributed by atoms with Crippen LogP contribution in [0.5, 0.6) is 0 Å². The first kappa shape index (κ1) is 31.4. The van der Waals surface area contributed by atoms with Crippen LogP contribution < -0.4 is 0 Å². The van der Waals surface area contributed by atoms with Gasteiger partial charge in [0.15, 0.2) is 0 Å². The highest BCUT2D eigenvalue weighted by molar-refractivity contribution is 6.25. The van der Waals surface area contributed by atoms with Gasteiger partial charge >= 0.3 is 0 Å². The van der Waals surface area contributed by atoms with Gasteiger partial charge in [-0.15, -0.1) is 0 Å². The SMILES string of the molecule is c1ccc(-n2c3cccc4c3c3c2cccc3n4-c2cccc(-c3ccccc3-n3c4ccccc4c4cc(-n5c6ccccc6c6ccccc65)ccc43)c2)cc1. The lowest BCUT2D eigenvalue weighted by atomic mass is 10.0.